The molecule has 4 nitrogen and oxygen atoms in total. The van der Waals surface area contributed by atoms with Gasteiger partial charge in [-0.15, -0.1) is 0 Å². The van der Waals surface area contributed by atoms with Crippen molar-refractivity contribution in [1.82, 2.24) is 4.98 Å². The molecule has 4 heteroatoms. The van der Waals surface area contributed by atoms with Gasteiger partial charge in [-0.3, -0.25) is 0 Å². The minimum atomic E-state index is 0.208. The molecule has 0 saturated carbocycles. The molecule has 3 rings (SSSR count). The van der Waals surface area contributed by atoms with E-state index in [1.807, 2.05) is 20.0 Å². The number of benzene rings is 1. The average molecular weight is 258 g/mol. The Bertz CT molecular complexity index is 625. The lowest BCUT2D eigenvalue weighted by Crippen LogP contribution is -2.05. The molecule has 1 aromatic heterocycles. The van der Waals surface area contributed by atoms with Gasteiger partial charge < -0.3 is 14.8 Å². The first-order chi connectivity index (χ1) is 9.24. The number of aromatic nitrogens is 1. The van der Waals surface area contributed by atoms with Crippen LogP contribution in [0, 0.1) is 0 Å². The number of fused-ring (bicyclic) bond motifs is 3. The van der Waals surface area contributed by atoms with Gasteiger partial charge in [0.1, 0.15) is 23.4 Å². The number of ether oxygens (including phenoxy) is 2. The summed E-state index contributed by atoms with van der Waals surface area (Å²) in [6, 6.07) is 4.08. The Kier molecular flexibility index (Phi) is 2.93. The molecular weight excluding hydrogens is 240 g/mol. The number of anilines is 1. The van der Waals surface area contributed by atoms with Gasteiger partial charge in [-0.1, -0.05) is 0 Å². The van der Waals surface area contributed by atoms with Crippen molar-refractivity contribution in [3.8, 4) is 11.5 Å². The third kappa shape index (κ3) is 1.87. The van der Waals surface area contributed by atoms with E-state index in [2.05, 4.69) is 23.3 Å². The lowest BCUT2D eigenvalue weighted by molar-refractivity contribution is 0.257. The van der Waals surface area contributed by atoms with Crippen molar-refractivity contribution >= 4 is 16.6 Å². The summed E-state index contributed by atoms with van der Waals surface area (Å²) < 4.78 is 11.7. The van der Waals surface area contributed by atoms with Gasteiger partial charge in [0.15, 0.2) is 0 Å². The second-order valence-corrected chi connectivity index (χ2v) is 4.76. The van der Waals surface area contributed by atoms with E-state index in [1.54, 1.807) is 6.20 Å². The predicted octanol–water partition coefficient (Wildman–Crippen LogP) is 3.00. The Balaban J connectivity index is 2.33. The first-order valence-corrected chi connectivity index (χ1v) is 6.66. The van der Waals surface area contributed by atoms with Gasteiger partial charge in [0, 0.05) is 30.6 Å². The van der Waals surface area contributed by atoms with Gasteiger partial charge in [0.25, 0.3) is 0 Å². The topological polar surface area (TPSA) is 43.4 Å². The maximum atomic E-state index is 5.96. The summed E-state index contributed by atoms with van der Waals surface area (Å²) in [6.45, 7) is 4.74. The molecule has 0 saturated heterocycles. The van der Waals surface area contributed by atoms with Crippen LogP contribution in [0.3, 0.4) is 0 Å². The number of nitrogens with one attached hydrogen (secondary N) is 1. The Hall–Kier alpha value is -1.97. The standard InChI is InChI=1S/C15H18N2O2/c1-4-18-12-8-10-7-9(2)19-14(10)13-11(12)5-6-17-15(13)16-3/h5-6,8-9H,4,7H2,1-3H3,(H,16,17). The molecule has 1 N–H and O–H groups in total. The smallest absolute Gasteiger partial charge is 0.137 e. The van der Waals surface area contributed by atoms with Crippen molar-refractivity contribution < 1.29 is 9.47 Å². The molecule has 1 atom stereocenters. The van der Waals surface area contributed by atoms with Gasteiger partial charge >= 0.3 is 0 Å². The highest BCUT2D eigenvalue weighted by atomic mass is 16.5. The summed E-state index contributed by atoms with van der Waals surface area (Å²) in [5, 5.41) is 5.21. The highest BCUT2D eigenvalue weighted by molar-refractivity contribution is 6.01. The fourth-order valence-electron chi connectivity index (χ4n) is 2.66. The Morgan fingerprint density at radius 3 is 3.11 bits per heavy atom. The van der Waals surface area contributed by atoms with Crippen LogP contribution in [0.2, 0.25) is 0 Å². The van der Waals surface area contributed by atoms with Gasteiger partial charge in [0.05, 0.1) is 12.0 Å². The van der Waals surface area contributed by atoms with Crippen molar-refractivity contribution in [3.05, 3.63) is 23.9 Å². The minimum absolute atomic E-state index is 0.208. The largest absolute Gasteiger partial charge is 0.493 e. The van der Waals surface area contributed by atoms with Crippen LogP contribution in [0.1, 0.15) is 19.4 Å². The molecule has 1 aromatic carbocycles. The number of nitrogens with zero attached hydrogens (tertiary/aromatic N) is 1. The maximum absolute atomic E-state index is 5.96. The molecule has 2 aromatic rings. The molecule has 1 unspecified atom stereocenters. The Morgan fingerprint density at radius 2 is 2.37 bits per heavy atom. The van der Waals surface area contributed by atoms with E-state index >= 15 is 0 Å². The quantitative estimate of drug-likeness (QED) is 0.919. The van der Waals surface area contributed by atoms with Crippen LogP contribution in [0.25, 0.3) is 10.8 Å². The summed E-state index contributed by atoms with van der Waals surface area (Å²) in [7, 11) is 1.87. The van der Waals surface area contributed by atoms with E-state index in [1.165, 1.54) is 5.56 Å². The van der Waals surface area contributed by atoms with Crippen LogP contribution in [0.15, 0.2) is 18.3 Å². The van der Waals surface area contributed by atoms with Gasteiger partial charge in [-0.25, -0.2) is 4.98 Å². The first kappa shape index (κ1) is 12.1. The van der Waals surface area contributed by atoms with Crippen LogP contribution in [0.5, 0.6) is 11.5 Å². The molecule has 2 heterocycles. The van der Waals surface area contributed by atoms with Gasteiger partial charge in [-0.05, 0) is 26.0 Å². The number of hydrogen-bond acceptors (Lipinski definition) is 4. The lowest BCUT2D eigenvalue weighted by Gasteiger charge is -2.14. The van der Waals surface area contributed by atoms with Gasteiger partial charge in [-0.2, -0.15) is 0 Å². The van der Waals surface area contributed by atoms with Crippen LogP contribution < -0.4 is 14.8 Å². The van der Waals surface area contributed by atoms with Crippen molar-refractivity contribution in [1.29, 1.82) is 0 Å². The Morgan fingerprint density at radius 1 is 1.53 bits per heavy atom. The van der Waals surface area contributed by atoms with E-state index in [-0.39, 0.29) is 6.10 Å². The highest BCUT2D eigenvalue weighted by Gasteiger charge is 2.25. The molecule has 1 aliphatic rings. The third-order valence-electron chi connectivity index (χ3n) is 3.40. The summed E-state index contributed by atoms with van der Waals surface area (Å²) >= 11 is 0. The summed E-state index contributed by atoms with van der Waals surface area (Å²) in [5.41, 5.74) is 1.20. The van der Waals surface area contributed by atoms with Crippen LogP contribution in [0.4, 0.5) is 5.82 Å². The summed E-state index contributed by atoms with van der Waals surface area (Å²) in [6.07, 6.45) is 2.92. The molecule has 0 fully saturated rings. The number of rotatable bonds is 3. The van der Waals surface area contributed by atoms with Crippen LogP contribution in [-0.4, -0.2) is 24.7 Å². The van der Waals surface area contributed by atoms with Crippen molar-refractivity contribution in [2.45, 2.75) is 26.4 Å². The molecule has 0 bridgehead atoms. The second-order valence-electron chi connectivity index (χ2n) is 4.76. The highest BCUT2D eigenvalue weighted by Crippen LogP contribution is 2.43. The minimum Gasteiger partial charge on any atom is -0.493 e. The van der Waals surface area contributed by atoms with E-state index < -0.39 is 0 Å². The molecule has 0 spiro atoms. The first-order valence-electron chi connectivity index (χ1n) is 6.66. The third-order valence-corrected chi connectivity index (χ3v) is 3.40. The predicted molar refractivity (Wildman–Crippen MR) is 76.3 cm³/mol. The average Bonchev–Trinajstić information content (AvgIpc) is 2.78. The number of hydrogen-bond donors (Lipinski definition) is 1. The lowest BCUT2D eigenvalue weighted by atomic mass is 10.0. The van der Waals surface area contributed by atoms with E-state index in [0.29, 0.717) is 6.61 Å². The molecule has 100 valence electrons. The monoisotopic (exact) mass is 258 g/mol. The maximum Gasteiger partial charge on any atom is 0.137 e. The van der Waals surface area contributed by atoms with E-state index in [4.69, 9.17) is 9.47 Å². The van der Waals surface area contributed by atoms with Crippen LogP contribution >= 0.6 is 0 Å². The summed E-state index contributed by atoms with van der Waals surface area (Å²) in [5.74, 6) is 2.70. The zero-order valence-corrected chi connectivity index (χ0v) is 11.5. The van der Waals surface area contributed by atoms with Crippen molar-refractivity contribution in [3.63, 3.8) is 0 Å². The SMILES string of the molecule is CCOc1cc2c(c3c(NC)nccc13)OC(C)C2. The molecule has 0 aliphatic carbocycles. The zero-order chi connectivity index (χ0) is 13.4. The summed E-state index contributed by atoms with van der Waals surface area (Å²) in [4.78, 5) is 4.38. The fourth-order valence-corrected chi connectivity index (χ4v) is 2.66. The molecule has 19 heavy (non-hydrogen) atoms. The fraction of sp³-hybridized carbons (Fsp3) is 0.400. The normalized spacial score (nSPS) is 17.1. The molecule has 0 radical (unpaired) electrons. The molecule has 1 aliphatic heterocycles. The Labute approximate surface area is 112 Å². The number of pyridine rings is 1. The molecule has 0 amide bonds. The molecular formula is C15H18N2O2. The second kappa shape index (κ2) is 4.61. The van der Waals surface area contributed by atoms with E-state index in [0.717, 1.165) is 34.5 Å². The van der Waals surface area contributed by atoms with Crippen LogP contribution in [-0.2, 0) is 6.42 Å². The van der Waals surface area contributed by atoms with Gasteiger partial charge in [0.2, 0.25) is 0 Å². The van der Waals surface area contributed by atoms with Crippen molar-refractivity contribution in [2.75, 3.05) is 19.0 Å². The van der Waals surface area contributed by atoms with Crippen molar-refractivity contribution in [2.24, 2.45) is 0 Å². The zero-order valence-electron chi connectivity index (χ0n) is 11.5. The van der Waals surface area contributed by atoms with E-state index in [9.17, 15) is 0 Å².